The normalized spacial score (nSPS) is 27.0. The van der Waals surface area contributed by atoms with Crippen molar-refractivity contribution >= 4 is 18.0 Å². The lowest BCUT2D eigenvalue weighted by Gasteiger charge is -2.32. The molecule has 1 saturated carbocycles. The first-order valence-electron chi connectivity index (χ1n) is 11.9. The molecule has 2 N–H and O–H groups in total. The van der Waals surface area contributed by atoms with E-state index in [1.165, 1.54) is 17.5 Å². The van der Waals surface area contributed by atoms with E-state index in [4.69, 9.17) is 0 Å². The van der Waals surface area contributed by atoms with Crippen LogP contribution in [0.3, 0.4) is 0 Å². The lowest BCUT2D eigenvalue weighted by molar-refractivity contribution is -0.131. The van der Waals surface area contributed by atoms with Crippen molar-refractivity contribution in [3.05, 3.63) is 35.4 Å². The lowest BCUT2D eigenvalue weighted by Crippen LogP contribution is -2.51. The molecule has 3 fully saturated rings. The zero-order valence-electron chi connectivity index (χ0n) is 18.8. The molecule has 0 aromatic heterocycles. The van der Waals surface area contributed by atoms with Gasteiger partial charge in [-0.15, -0.1) is 0 Å². The maximum absolute atomic E-state index is 12.8. The molecular weight excluding hydrogens is 388 g/mol. The molecule has 0 radical (unpaired) electrons. The van der Waals surface area contributed by atoms with Gasteiger partial charge in [0, 0.05) is 38.8 Å². The first-order chi connectivity index (χ1) is 15.1. The van der Waals surface area contributed by atoms with E-state index >= 15 is 0 Å². The SMILES string of the molecule is CCC(=O)N1CCC(c2ccc(CC(C=NC)NC(=O)C3NC4CCC3C4)cc2)CC1. The van der Waals surface area contributed by atoms with Crippen molar-refractivity contribution < 1.29 is 9.59 Å². The fourth-order valence-electron chi connectivity index (χ4n) is 5.61. The smallest absolute Gasteiger partial charge is 0.237 e. The molecule has 0 spiro atoms. The molecule has 2 heterocycles. The monoisotopic (exact) mass is 424 g/mol. The Labute approximate surface area is 185 Å². The average molecular weight is 425 g/mol. The number of nitrogens with one attached hydrogen (secondary N) is 2. The number of rotatable bonds is 7. The Bertz CT molecular complexity index is 798. The van der Waals surface area contributed by atoms with Crippen LogP contribution in [0.2, 0.25) is 0 Å². The van der Waals surface area contributed by atoms with E-state index in [0.29, 0.717) is 24.3 Å². The molecule has 2 aliphatic heterocycles. The highest BCUT2D eigenvalue weighted by atomic mass is 16.2. The van der Waals surface area contributed by atoms with E-state index in [9.17, 15) is 9.59 Å². The summed E-state index contributed by atoms with van der Waals surface area (Å²) in [4.78, 5) is 30.9. The van der Waals surface area contributed by atoms with Crippen LogP contribution in [0.4, 0.5) is 0 Å². The highest BCUT2D eigenvalue weighted by Crippen LogP contribution is 2.35. The quantitative estimate of drug-likeness (QED) is 0.661. The molecule has 4 atom stereocenters. The molecule has 1 aliphatic carbocycles. The molecule has 4 unspecified atom stereocenters. The van der Waals surface area contributed by atoms with Crippen molar-refractivity contribution in [2.75, 3.05) is 20.1 Å². The van der Waals surface area contributed by atoms with Crippen molar-refractivity contribution in [3.8, 4) is 0 Å². The Morgan fingerprint density at radius 2 is 1.94 bits per heavy atom. The van der Waals surface area contributed by atoms with Gasteiger partial charge in [-0.3, -0.25) is 14.6 Å². The summed E-state index contributed by atoms with van der Waals surface area (Å²) in [6.07, 6.45) is 8.75. The fraction of sp³-hybridized carbons (Fsp3) is 0.640. The zero-order valence-corrected chi connectivity index (χ0v) is 18.8. The minimum absolute atomic E-state index is 0.0423. The van der Waals surface area contributed by atoms with Crippen molar-refractivity contribution in [2.24, 2.45) is 10.9 Å². The van der Waals surface area contributed by atoms with Gasteiger partial charge in [0.2, 0.25) is 11.8 Å². The van der Waals surface area contributed by atoms with Gasteiger partial charge in [0.15, 0.2) is 0 Å². The zero-order chi connectivity index (χ0) is 21.8. The Morgan fingerprint density at radius 3 is 2.52 bits per heavy atom. The molecule has 3 aliphatic rings. The summed E-state index contributed by atoms with van der Waals surface area (Å²) in [6, 6.07) is 9.19. The van der Waals surface area contributed by atoms with Crippen LogP contribution >= 0.6 is 0 Å². The molecule has 168 valence electrons. The van der Waals surface area contributed by atoms with Crippen LogP contribution in [-0.4, -0.2) is 61.2 Å². The Morgan fingerprint density at radius 1 is 1.19 bits per heavy atom. The van der Waals surface area contributed by atoms with Gasteiger partial charge >= 0.3 is 0 Å². The Balaban J connectivity index is 1.31. The minimum atomic E-state index is -0.0902. The van der Waals surface area contributed by atoms with Crippen LogP contribution in [0.5, 0.6) is 0 Å². The molecular formula is C25H36N4O2. The second-order valence-corrected chi connectivity index (χ2v) is 9.39. The molecule has 6 heteroatoms. The van der Waals surface area contributed by atoms with Crippen molar-refractivity contribution in [2.45, 2.75) is 75.9 Å². The third-order valence-corrected chi connectivity index (χ3v) is 7.36. The number of nitrogens with zero attached hydrogens (tertiary/aromatic N) is 2. The Hall–Kier alpha value is -2.21. The van der Waals surface area contributed by atoms with Crippen LogP contribution in [-0.2, 0) is 16.0 Å². The first-order valence-corrected chi connectivity index (χ1v) is 11.9. The molecule has 4 rings (SSSR count). The van der Waals surface area contributed by atoms with Gasteiger partial charge in [0.1, 0.15) is 0 Å². The highest BCUT2D eigenvalue weighted by Gasteiger charge is 2.42. The summed E-state index contributed by atoms with van der Waals surface area (Å²) in [5.41, 5.74) is 2.55. The second-order valence-electron chi connectivity index (χ2n) is 9.39. The van der Waals surface area contributed by atoms with Crippen LogP contribution in [0.15, 0.2) is 29.3 Å². The number of carbonyl (C=O) groups excluding carboxylic acids is 2. The largest absolute Gasteiger partial charge is 0.347 e. The summed E-state index contributed by atoms with van der Waals surface area (Å²) >= 11 is 0. The highest BCUT2D eigenvalue weighted by molar-refractivity contribution is 5.86. The van der Waals surface area contributed by atoms with Gasteiger partial charge < -0.3 is 15.5 Å². The summed E-state index contributed by atoms with van der Waals surface area (Å²) in [6.45, 7) is 3.65. The van der Waals surface area contributed by atoms with Crippen molar-refractivity contribution in [1.82, 2.24) is 15.5 Å². The van der Waals surface area contributed by atoms with E-state index in [2.05, 4.69) is 39.9 Å². The van der Waals surface area contributed by atoms with E-state index < -0.39 is 0 Å². The predicted octanol–water partition coefficient (Wildman–Crippen LogP) is 2.67. The number of amides is 2. The third-order valence-electron chi connectivity index (χ3n) is 7.36. The number of benzene rings is 1. The van der Waals surface area contributed by atoms with Crippen LogP contribution in [0.1, 0.15) is 62.5 Å². The van der Waals surface area contributed by atoms with E-state index in [1.54, 1.807) is 7.05 Å². The van der Waals surface area contributed by atoms with Gasteiger partial charge in [-0.1, -0.05) is 31.2 Å². The van der Waals surface area contributed by atoms with Gasteiger partial charge in [-0.25, -0.2) is 0 Å². The molecule has 6 nitrogen and oxygen atoms in total. The molecule has 31 heavy (non-hydrogen) atoms. The lowest BCUT2D eigenvalue weighted by atomic mass is 9.88. The summed E-state index contributed by atoms with van der Waals surface area (Å²) < 4.78 is 0. The number of piperidine rings is 2. The predicted molar refractivity (Wildman–Crippen MR) is 123 cm³/mol. The van der Waals surface area contributed by atoms with Crippen LogP contribution < -0.4 is 10.6 Å². The molecule has 2 amide bonds. The first kappa shape index (κ1) is 22.0. The fourth-order valence-corrected chi connectivity index (χ4v) is 5.61. The van der Waals surface area contributed by atoms with Gasteiger partial charge in [-0.05, 0) is 61.5 Å². The maximum atomic E-state index is 12.8. The Kier molecular flexibility index (Phi) is 7.06. The number of hydrogen-bond acceptors (Lipinski definition) is 4. The second kappa shape index (κ2) is 9.94. The number of likely N-dealkylation sites (tertiary alicyclic amines) is 1. The van der Waals surface area contributed by atoms with Crippen molar-refractivity contribution in [1.29, 1.82) is 0 Å². The minimum Gasteiger partial charge on any atom is -0.347 e. The molecule has 1 aromatic rings. The summed E-state index contributed by atoms with van der Waals surface area (Å²) in [5.74, 6) is 1.39. The standard InChI is InChI=1S/C25H36N4O2/c1-3-23(30)29-12-10-19(11-13-29)18-6-4-17(5-7-18)14-22(16-26-2)28-25(31)24-20-8-9-21(15-20)27-24/h4-7,16,19-22,24,27H,3,8-15H2,1-2H3,(H,28,31). The van der Waals surface area contributed by atoms with Crippen LogP contribution in [0.25, 0.3) is 0 Å². The van der Waals surface area contributed by atoms with E-state index in [0.717, 1.165) is 45.2 Å². The van der Waals surface area contributed by atoms with Gasteiger partial charge in [0.05, 0.1) is 12.1 Å². The van der Waals surface area contributed by atoms with Crippen LogP contribution in [0, 0.1) is 5.92 Å². The van der Waals surface area contributed by atoms with E-state index in [-0.39, 0.29) is 23.9 Å². The number of hydrogen-bond donors (Lipinski definition) is 2. The maximum Gasteiger partial charge on any atom is 0.237 e. The average Bonchev–Trinajstić information content (AvgIpc) is 3.43. The molecule has 1 aromatic carbocycles. The summed E-state index contributed by atoms with van der Waals surface area (Å²) in [5, 5.41) is 6.68. The third kappa shape index (κ3) is 5.17. The van der Waals surface area contributed by atoms with Gasteiger partial charge in [0.25, 0.3) is 0 Å². The van der Waals surface area contributed by atoms with Crippen molar-refractivity contribution in [3.63, 3.8) is 0 Å². The number of carbonyl (C=O) groups is 2. The molecule has 2 bridgehead atoms. The topological polar surface area (TPSA) is 73.8 Å². The van der Waals surface area contributed by atoms with Gasteiger partial charge in [-0.2, -0.15) is 0 Å². The number of aliphatic imine (C=N–C) groups is 1. The number of fused-ring (bicyclic) bond motifs is 2. The summed E-state index contributed by atoms with van der Waals surface area (Å²) in [7, 11) is 1.76. The molecule has 2 saturated heterocycles. The van der Waals surface area contributed by atoms with E-state index in [1.807, 2.05) is 18.0 Å².